The van der Waals surface area contributed by atoms with Crippen LogP contribution in [0.4, 0.5) is 0 Å². The van der Waals surface area contributed by atoms with Gasteiger partial charge in [-0.15, -0.1) is 0 Å². The fourth-order valence-electron chi connectivity index (χ4n) is 3.19. The van der Waals surface area contributed by atoms with Crippen molar-refractivity contribution in [1.29, 1.82) is 0 Å². The number of fused-ring (bicyclic) bond motifs is 1. The summed E-state index contributed by atoms with van der Waals surface area (Å²) in [6.07, 6.45) is 5.56. The van der Waals surface area contributed by atoms with Crippen LogP contribution in [0, 0.1) is 4.77 Å². The smallest absolute Gasteiger partial charge is 0.262 e. The van der Waals surface area contributed by atoms with E-state index in [0.29, 0.717) is 35.6 Å². The van der Waals surface area contributed by atoms with E-state index < -0.39 is 0 Å². The van der Waals surface area contributed by atoms with Crippen molar-refractivity contribution < 1.29 is 4.79 Å². The van der Waals surface area contributed by atoms with Crippen molar-refractivity contribution >= 4 is 45.0 Å². The quantitative estimate of drug-likeness (QED) is 0.740. The van der Waals surface area contributed by atoms with Crippen LogP contribution in [0.1, 0.15) is 38.5 Å². The molecule has 0 radical (unpaired) electrons. The number of nitrogens with zero attached hydrogens (tertiary/aromatic N) is 1. The monoisotopic (exact) mass is 409 g/mol. The normalized spacial score (nSPS) is 15.0. The first-order chi connectivity index (χ1) is 11.5. The molecule has 3 rings (SSSR count). The van der Waals surface area contributed by atoms with Gasteiger partial charge in [0.15, 0.2) is 4.77 Å². The topological polar surface area (TPSA) is 66.9 Å². The summed E-state index contributed by atoms with van der Waals surface area (Å²) in [7, 11) is 0. The third kappa shape index (κ3) is 3.95. The Labute approximate surface area is 153 Å². The van der Waals surface area contributed by atoms with Crippen molar-refractivity contribution in [3.63, 3.8) is 0 Å². The lowest BCUT2D eigenvalue weighted by atomic mass is 10.2. The number of carbonyl (C=O) groups excluding carboxylic acids is 1. The van der Waals surface area contributed by atoms with Gasteiger partial charge < -0.3 is 10.3 Å². The Morgan fingerprint density at radius 2 is 2.12 bits per heavy atom. The van der Waals surface area contributed by atoms with Crippen molar-refractivity contribution in [3.8, 4) is 0 Å². The van der Waals surface area contributed by atoms with Crippen LogP contribution in [0.2, 0.25) is 0 Å². The number of nitrogens with one attached hydrogen (secondary N) is 2. The van der Waals surface area contributed by atoms with E-state index in [0.717, 1.165) is 22.8 Å². The maximum atomic E-state index is 12.6. The Bertz CT molecular complexity index is 868. The second-order valence-corrected chi connectivity index (χ2v) is 7.53. The number of aromatic amines is 1. The fraction of sp³-hybridized carbons (Fsp3) is 0.471. The number of rotatable bonds is 5. The number of halogens is 1. The van der Waals surface area contributed by atoms with Crippen LogP contribution in [0.25, 0.3) is 10.9 Å². The zero-order valence-corrected chi connectivity index (χ0v) is 15.7. The molecule has 1 aromatic heterocycles. The molecule has 1 amide bonds. The van der Waals surface area contributed by atoms with E-state index in [9.17, 15) is 9.59 Å². The molecule has 1 aliphatic carbocycles. The number of carbonyl (C=O) groups is 1. The molecule has 2 N–H and O–H groups in total. The summed E-state index contributed by atoms with van der Waals surface area (Å²) in [6.45, 7) is 0.439. The molecule has 0 unspecified atom stereocenters. The third-order valence-corrected chi connectivity index (χ3v) is 5.27. The van der Waals surface area contributed by atoms with E-state index in [1.165, 1.54) is 17.4 Å². The van der Waals surface area contributed by atoms with Crippen LogP contribution < -0.4 is 10.9 Å². The third-order valence-electron chi connectivity index (χ3n) is 4.45. The van der Waals surface area contributed by atoms with Gasteiger partial charge in [-0.2, -0.15) is 0 Å². The van der Waals surface area contributed by atoms with E-state index in [4.69, 9.17) is 12.2 Å². The number of hydrogen-bond acceptors (Lipinski definition) is 3. The molecular formula is C17H20BrN3O2S. The highest BCUT2D eigenvalue weighted by atomic mass is 79.9. The summed E-state index contributed by atoms with van der Waals surface area (Å²) in [5, 5.41) is 3.66. The van der Waals surface area contributed by atoms with Gasteiger partial charge in [0.1, 0.15) is 0 Å². The molecule has 0 aliphatic heterocycles. The van der Waals surface area contributed by atoms with Gasteiger partial charge in [-0.1, -0.05) is 28.8 Å². The highest BCUT2D eigenvalue weighted by molar-refractivity contribution is 9.10. The number of amides is 1. The van der Waals surface area contributed by atoms with Gasteiger partial charge in [0.25, 0.3) is 5.56 Å². The summed E-state index contributed by atoms with van der Waals surface area (Å²) in [4.78, 5) is 27.7. The molecule has 5 nitrogen and oxygen atoms in total. The lowest BCUT2D eigenvalue weighted by Gasteiger charge is -2.12. The van der Waals surface area contributed by atoms with Crippen molar-refractivity contribution in [2.45, 2.75) is 51.1 Å². The molecule has 0 spiro atoms. The predicted octanol–water partition coefficient (Wildman–Crippen LogP) is 3.66. The first-order valence-corrected chi connectivity index (χ1v) is 9.46. The van der Waals surface area contributed by atoms with Gasteiger partial charge in [0.2, 0.25) is 5.91 Å². The number of aromatic nitrogens is 2. The molecule has 1 heterocycles. The summed E-state index contributed by atoms with van der Waals surface area (Å²) >= 11 is 8.67. The molecule has 0 saturated heterocycles. The summed E-state index contributed by atoms with van der Waals surface area (Å²) in [5.41, 5.74) is 0.606. The largest absolute Gasteiger partial charge is 0.353 e. The van der Waals surface area contributed by atoms with Gasteiger partial charge in [-0.3, -0.25) is 14.2 Å². The second kappa shape index (κ2) is 7.61. The summed E-state index contributed by atoms with van der Waals surface area (Å²) in [5.74, 6) is 0.0633. The van der Waals surface area contributed by atoms with E-state index in [1.54, 1.807) is 6.07 Å². The first-order valence-electron chi connectivity index (χ1n) is 8.26. The molecule has 7 heteroatoms. The molecule has 0 atom stereocenters. The lowest BCUT2D eigenvalue weighted by Crippen LogP contribution is -2.32. The number of H-pyrrole nitrogens is 1. The maximum Gasteiger partial charge on any atom is 0.262 e. The molecule has 1 saturated carbocycles. The second-order valence-electron chi connectivity index (χ2n) is 6.23. The highest BCUT2D eigenvalue weighted by Crippen LogP contribution is 2.18. The Balaban J connectivity index is 1.67. The van der Waals surface area contributed by atoms with Crippen LogP contribution in [0.3, 0.4) is 0 Å². The van der Waals surface area contributed by atoms with Crippen molar-refractivity contribution in [2.75, 3.05) is 0 Å². The predicted molar refractivity (Wildman–Crippen MR) is 101 cm³/mol. The zero-order valence-electron chi connectivity index (χ0n) is 13.3. The zero-order chi connectivity index (χ0) is 17.1. The van der Waals surface area contributed by atoms with Crippen molar-refractivity contribution in [3.05, 3.63) is 37.8 Å². The van der Waals surface area contributed by atoms with Crippen LogP contribution >= 0.6 is 28.1 Å². The van der Waals surface area contributed by atoms with E-state index in [-0.39, 0.29) is 11.5 Å². The molecule has 1 aromatic carbocycles. The van der Waals surface area contributed by atoms with Gasteiger partial charge in [0.05, 0.1) is 10.9 Å². The Hall–Kier alpha value is -1.47. The lowest BCUT2D eigenvalue weighted by molar-refractivity contribution is -0.121. The average Bonchev–Trinajstić information content (AvgIpc) is 3.04. The standard InChI is InChI=1S/C17H20BrN3O2S/c18-11-7-8-14-13(10-11)16(23)21(17(24)20-14)9-3-6-15(22)19-12-4-1-2-5-12/h7-8,10,12H,1-6,9H2,(H,19,22)(H,20,24). The Kier molecular flexibility index (Phi) is 5.50. The highest BCUT2D eigenvalue weighted by Gasteiger charge is 2.16. The van der Waals surface area contributed by atoms with E-state index >= 15 is 0 Å². The van der Waals surface area contributed by atoms with Crippen LogP contribution in [0.15, 0.2) is 27.5 Å². The molecule has 1 aliphatic rings. The minimum atomic E-state index is -0.119. The molecular weight excluding hydrogens is 390 g/mol. The van der Waals surface area contributed by atoms with E-state index in [2.05, 4.69) is 26.2 Å². The van der Waals surface area contributed by atoms with Crippen LogP contribution in [-0.4, -0.2) is 21.5 Å². The van der Waals surface area contributed by atoms with Gasteiger partial charge in [0, 0.05) is 23.5 Å². The molecule has 1 fully saturated rings. The molecule has 2 aromatic rings. The Morgan fingerprint density at radius 3 is 2.88 bits per heavy atom. The molecule has 128 valence electrons. The van der Waals surface area contributed by atoms with Gasteiger partial charge >= 0.3 is 0 Å². The van der Waals surface area contributed by atoms with Crippen molar-refractivity contribution in [1.82, 2.24) is 14.9 Å². The molecule has 24 heavy (non-hydrogen) atoms. The SMILES string of the molecule is O=C(CCCn1c(=S)[nH]c2ccc(Br)cc2c1=O)NC1CCCC1. The fourth-order valence-corrected chi connectivity index (χ4v) is 3.84. The van der Waals surface area contributed by atoms with Gasteiger partial charge in [-0.05, 0) is 49.7 Å². The van der Waals surface area contributed by atoms with E-state index in [1.807, 2.05) is 12.1 Å². The Morgan fingerprint density at radius 1 is 1.38 bits per heavy atom. The number of hydrogen-bond donors (Lipinski definition) is 2. The van der Waals surface area contributed by atoms with Crippen LogP contribution in [-0.2, 0) is 11.3 Å². The maximum absolute atomic E-state index is 12.6. The van der Waals surface area contributed by atoms with Crippen LogP contribution in [0.5, 0.6) is 0 Å². The van der Waals surface area contributed by atoms with Gasteiger partial charge in [-0.25, -0.2) is 0 Å². The minimum Gasteiger partial charge on any atom is -0.353 e. The minimum absolute atomic E-state index is 0.0633. The van der Waals surface area contributed by atoms with Crippen molar-refractivity contribution in [2.24, 2.45) is 0 Å². The average molecular weight is 410 g/mol. The summed E-state index contributed by atoms with van der Waals surface area (Å²) in [6, 6.07) is 5.81. The first kappa shape index (κ1) is 17.4. The molecule has 0 bridgehead atoms. The number of benzene rings is 1. The summed E-state index contributed by atoms with van der Waals surface area (Å²) < 4.78 is 2.78.